The number of carbonyl (C=O) groups excluding carboxylic acids is 1. The molecule has 4 nitrogen and oxygen atoms in total. The molecule has 0 aliphatic carbocycles. The van der Waals surface area contributed by atoms with Crippen LogP contribution in [0.1, 0.15) is 17.2 Å². The molecule has 0 aliphatic heterocycles. The SMILES string of the molecule is CN(C(=O)[C@@H](N)c1ccccc1)c1ccc(C#N)cc1. The molecule has 0 fully saturated rings. The number of benzene rings is 2. The van der Waals surface area contributed by atoms with Crippen LogP contribution in [0.3, 0.4) is 0 Å². The number of likely N-dealkylation sites (N-methyl/N-ethyl adjacent to an activating group) is 1. The van der Waals surface area contributed by atoms with Crippen LogP contribution in [-0.4, -0.2) is 13.0 Å². The van der Waals surface area contributed by atoms with Crippen LogP contribution in [0.4, 0.5) is 5.69 Å². The summed E-state index contributed by atoms with van der Waals surface area (Å²) in [5, 5.41) is 8.76. The van der Waals surface area contributed by atoms with Crippen LogP contribution in [0.25, 0.3) is 0 Å². The van der Waals surface area contributed by atoms with Gasteiger partial charge < -0.3 is 10.6 Å². The van der Waals surface area contributed by atoms with Crippen molar-refractivity contribution >= 4 is 11.6 Å². The second kappa shape index (κ2) is 6.00. The van der Waals surface area contributed by atoms with Gasteiger partial charge in [-0.3, -0.25) is 4.79 Å². The molecular formula is C16H15N3O. The summed E-state index contributed by atoms with van der Waals surface area (Å²) in [4.78, 5) is 13.8. The zero-order valence-electron chi connectivity index (χ0n) is 11.2. The van der Waals surface area contributed by atoms with Crippen molar-refractivity contribution in [2.75, 3.05) is 11.9 Å². The molecule has 2 N–H and O–H groups in total. The maximum absolute atomic E-state index is 12.3. The minimum atomic E-state index is -0.697. The van der Waals surface area contributed by atoms with Gasteiger partial charge in [0.1, 0.15) is 6.04 Å². The Morgan fingerprint density at radius 3 is 2.30 bits per heavy atom. The van der Waals surface area contributed by atoms with Gasteiger partial charge in [-0.05, 0) is 29.8 Å². The summed E-state index contributed by atoms with van der Waals surface area (Å²) in [5.41, 5.74) is 8.03. The summed E-state index contributed by atoms with van der Waals surface area (Å²) in [6, 6.07) is 17.4. The van der Waals surface area contributed by atoms with E-state index < -0.39 is 6.04 Å². The number of hydrogen-bond donors (Lipinski definition) is 1. The molecule has 2 aromatic rings. The van der Waals surface area contributed by atoms with Gasteiger partial charge in [0, 0.05) is 12.7 Å². The van der Waals surface area contributed by atoms with Gasteiger partial charge in [-0.1, -0.05) is 30.3 Å². The molecule has 0 bridgehead atoms. The van der Waals surface area contributed by atoms with E-state index in [1.807, 2.05) is 36.4 Å². The number of anilines is 1. The van der Waals surface area contributed by atoms with Crippen molar-refractivity contribution in [1.82, 2.24) is 0 Å². The van der Waals surface area contributed by atoms with Crippen LogP contribution < -0.4 is 10.6 Å². The summed E-state index contributed by atoms with van der Waals surface area (Å²) < 4.78 is 0. The summed E-state index contributed by atoms with van der Waals surface area (Å²) >= 11 is 0. The molecule has 0 unspecified atom stereocenters. The van der Waals surface area contributed by atoms with E-state index in [1.165, 1.54) is 4.90 Å². The van der Waals surface area contributed by atoms with Crippen molar-refractivity contribution in [2.24, 2.45) is 5.73 Å². The lowest BCUT2D eigenvalue weighted by Gasteiger charge is -2.21. The lowest BCUT2D eigenvalue weighted by atomic mass is 10.1. The van der Waals surface area contributed by atoms with E-state index in [0.29, 0.717) is 11.3 Å². The normalized spacial score (nSPS) is 11.4. The number of rotatable bonds is 3. The fraction of sp³-hybridized carbons (Fsp3) is 0.125. The minimum Gasteiger partial charge on any atom is -0.316 e. The highest BCUT2D eigenvalue weighted by molar-refractivity contribution is 5.97. The molecule has 20 heavy (non-hydrogen) atoms. The highest BCUT2D eigenvalue weighted by atomic mass is 16.2. The van der Waals surface area contributed by atoms with Gasteiger partial charge in [0.05, 0.1) is 11.6 Å². The van der Waals surface area contributed by atoms with Crippen LogP contribution in [0.15, 0.2) is 54.6 Å². The quantitative estimate of drug-likeness (QED) is 0.925. The van der Waals surface area contributed by atoms with Crippen molar-refractivity contribution in [2.45, 2.75) is 6.04 Å². The summed E-state index contributed by atoms with van der Waals surface area (Å²) in [7, 11) is 1.67. The van der Waals surface area contributed by atoms with Gasteiger partial charge in [-0.25, -0.2) is 0 Å². The van der Waals surface area contributed by atoms with E-state index in [1.54, 1.807) is 31.3 Å². The zero-order valence-corrected chi connectivity index (χ0v) is 11.2. The third-order valence-corrected chi connectivity index (χ3v) is 3.14. The topological polar surface area (TPSA) is 70.1 Å². The molecule has 2 rings (SSSR count). The molecule has 4 heteroatoms. The Balaban J connectivity index is 2.18. The highest BCUT2D eigenvalue weighted by Crippen LogP contribution is 2.18. The molecule has 0 heterocycles. The Morgan fingerprint density at radius 1 is 1.15 bits per heavy atom. The molecule has 1 atom stereocenters. The van der Waals surface area contributed by atoms with E-state index in [4.69, 9.17) is 11.0 Å². The first-order chi connectivity index (χ1) is 9.63. The highest BCUT2D eigenvalue weighted by Gasteiger charge is 2.20. The maximum atomic E-state index is 12.3. The standard InChI is InChI=1S/C16H15N3O/c1-19(14-9-7-12(11-17)8-10-14)16(20)15(18)13-5-3-2-4-6-13/h2-10,15H,18H2,1H3/t15-/m0/s1. The largest absolute Gasteiger partial charge is 0.316 e. The Labute approximate surface area is 118 Å². The Hall–Kier alpha value is -2.64. The minimum absolute atomic E-state index is 0.194. The molecule has 2 aromatic carbocycles. The van der Waals surface area contributed by atoms with E-state index in [-0.39, 0.29) is 5.91 Å². The molecular weight excluding hydrogens is 250 g/mol. The van der Waals surface area contributed by atoms with Gasteiger partial charge in [0.15, 0.2) is 0 Å². The van der Waals surface area contributed by atoms with Crippen molar-refractivity contribution in [3.63, 3.8) is 0 Å². The predicted molar refractivity (Wildman–Crippen MR) is 77.9 cm³/mol. The van der Waals surface area contributed by atoms with Crippen molar-refractivity contribution in [3.05, 3.63) is 65.7 Å². The second-order valence-corrected chi connectivity index (χ2v) is 4.44. The third-order valence-electron chi connectivity index (χ3n) is 3.14. The maximum Gasteiger partial charge on any atom is 0.248 e. The van der Waals surface area contributed by atoms with Gasteiger partial charge in [0.2, 0.25) is 5.91 Å². The summed E-state index contributed by atoms with van der Waals surface area (Å²) in [5.74, 6) is -0.194. The number of amides is 1. The van der Waals surface area contributed by atoms with E-state index in [0.717, 1.165) is 5.56 Å². The van der Waals surface area contributed by atoms with Gasteiger partial charge in [0.25, 0.3) is 0 Å². The molecule has 100 valence electrons. The monoisotopic (exact) mass is 265 g/mol. The van der Waals surface area contributed by atoms with E-state index >= 15 is 0 Å². The first-order valence-electron chi connectivity index (χ1n) is 6.21. The molecule has 0 saturated heterocycles. The Kier molecular flexibility index (Phi) is 4.14. The fourth-order valence-corrected chi connectivity index (χ4v) is 1.90. The van der Waals surface area contributed by atoms with Crippen molar-refractivity contribution < 1.29 is 4.79 Å². The first-order valence-corrected chi connectivity index (χ1v) is 6.21. The summed E-state index contributed by atoms with van der Waals surface area (Å²) in [6.45, 7) is 0. The van der Waals surface area contributed by atoms with Crippen LogP contribution in [0.5, 0.6) is 0 Å². The smallest absolute Gasteiger partial charge is 0.248 e. The third kappa shape index (κ3) is 2.85. The Morgan fingerprint density at radius 2 is 1.75 bits per heavy atom. The predicted octanol–water partition coefficient (Wildman–Crippen LogP) is 2.22. The first kappa shape index (κ1) is 13.8. The van der Waals surface area contributed by atoms with Gasteiger partial charge >= 0.3 is 0 Å². The van der Waals surface area contributed by atoms with Gasteiger partial charge in [-0.15, -0.1) is 0 Å². The van der Waals surface area contributed by atoms with E-state index in [2.05, 4.69) is 0 Å². The van der Waals surface area contributed by atoms with Crippen LogP contribution in [0.2, 0.25) is 0 Å². The molecule has 0 saturated carbocycles. The van der Waals surface area contributed by atoms with Crippen LogP contribution >= 0.6 is 0 Å². The average molecular weight is 265 g/mol. The Bertz CT molecular complexity index is 629. The number of nitrogens with zero attached hydrogens (tertiary/aromatic N) is 2. The van der Waals surface area contributed by atoms with Crippen LogP contribution in [-0.2, 0) is 4.79 Å². The average Bonchev–Trinajstić information content (AvgIpc) is 2.53. The molecule has 0 aliphatic rings. The van der Waals surface area contributed by atoms with Crippen LogP contribution in [0, 0.1) is 11.3 Å². The summed E-state index contributed by atoms with van der Waals surface area (Å²) in [6.07, 6.45) is 0. The molecule has 0 radical (unpaired) electrons. The second-order valence-electron chi connectivity index (χ2n) is 4.44. The number of carbonyl (C=O) groups is 1. The lowest BCUT2D eigenvalue weighted by Crippen LogP contribution is -2.35. The lowest BCUT2D eigenvalue weighted by molar-refractivity contribution is -0.119. The fourth-order valence-electron chi connectivity index (χ4n) is 1.90. The van der Waals surface area contributed by atoms with Gasteiger partial charge in [-0.2, -0.15) is 5.26 Å². The van der Waals surface area contributed by atoms with E-state index in [9.17, 15) is 4.79 Å². The number of nitrogens with two attached hydrogens (primary N) is 1. The molecule has 0 spiro atoms. The number of hydrogen-bond acceptors (Lipinski definition) is 3. The number of nitriles is 1. The van der Waals surface area contributed by atoms with Crippen molar-refractivity contribution in [3.8, 4) is 6.07 Å². The van der Waals surface area contributed by atoms with Crippen molar-refractivity contribution in [1.29, 1.82) is 5.26 Å². The molecule has 1 amide bonds. The zero-order chi connectivity index (χ0) is 14.5. The molecule has 0 aromatic heterocycles.